The molecule has 0 bridgehead atoms. The highest BCUT2D eigenvalue weighted by Crippen LogP contribution is 2.28. The first-order valence-corrected chi connectivity index (χ1v) is 9.14. The van der Waals surface area contributed by atoms with Gasteiger partial charge in [0, 0.05) is 31.7 Å². The Labute approximate surface area is 149 Å². The molecule has 2 aromatic rings. The van der Waals surface area contributed by atoms with Crippen LogP contribution in [0.3, 0.4) is 0 Å². The Hall–Kier alpha value is -2.43. The number of aromatic nitrogens is 2. The summed E-state index contributed by atoms with van der Waals surface area (Å²) in [5, 5.41) is 0. The molecular formula is C20H26N4O. The van der Waals surface area contributed by atoms with E-state index in [1.807, 2.05) is 56.0 Å². The van der Waals surface area contributed by atoms with Gasteiger partial charge in [-0.2, -0.15) is 0 Å². The molecule has 0 saturated carbocycles. The van der Waals surface area contributed by atoms with Crippen molar-refractivity contribution >= 4 is 11.9 Å². The summed E-state index contributed by atoms with van der Waals surface area (Å²) in [7, 11) is 0. The lowest BCUT2D eigenvalue weighted by molar-refractivity contribution is 0.0772. The first-order chi connectivity index (χ1) is 12.2. The van der Waals surface area contributed by atoms with Crippen LogP contribution in [0.1, 0.15) is 42.7 Å². The normalized spacial score (nSPS) is 14.0. The molecule has 0 atom stereocenters. The molecule has 5 heteroatoms. The third-order valence-corrected chi connectivity index (χ3v) is 4.78. The fourth-order valence-corrected chi connectivity index (χ4v) is 3.35. The SMILES string of the molecule is CCN(CC)C(=O)c1c(C)nc(N2CCCC2)nc1-c1ccccc1. The second-order valence-corrected chi connectivity index (χ2v) is 6.37. The molecule has 1 amide bonds. The van der Waals surface area contributed by atoms with Crippen molar-refractivity contribution in [1.29, 1.82) is 0 Å². The summed E-state index contributed by atoms with van der Waals surface area (Å²) < 4.78 is 0. The Bertz CT molecular complexity index is 735. The Morgan fingerprint density at radius 1 is 1.08 bits per heavy atom. The van der Waals surface area contributed by atoms with Gasteiger partial charge < -0.3 is 9.80 Å². The van der Waals surface area contributed by atoms with Crippen LogP contribution in [-0.4, -0.2) is 47.0 Å². The van der Waals surface area contributed by atoms with Gasteiger partial charge in [0.1, 0.15) is 0 Å². The van der Waals surface area contributed by atoms with Crippen molar-refractivity contribution < 1.29 is 4.79 Å². The first-order valence-electron chi connectivity index (χ1n) is 9.14. The summed E-state index contributed by atoms with van der Waals surface area (Å²) in [6.07, 6.45) is 2.34. The van der Waals surface area contributed by atoms with Gasteiger partial charge >= 0.3 is 0 Å². The van der Waals surface area contributed by atoms with E-state index < -0.39 is 0 Å². The zero-order valence-electron chi connectivity index (χ0n) is 15.3. The maximum atomic E-state index is 13.1. The maximum Gasteiger partial charge on any atom is 0.257 e. The van der Waals surface area contributed by atoms with Crippen LogP contribution in [0.5, 0.6) is 0 Å². The zero-order valence-corrected chi connectivity index (χ0v) is 15.3. The van der Waals surface area contributed by atoms with Gasteiger partial charge in [-0.25, -0.2) is 9.97 Å². The molecule has 1 aromatic carbocycles. The number of nitrogens with zero attached hydrogens (tertiary/aromatic N) is 4. The topological polar surface area (TPSA) is 49.3 Å². The van der Waals surface area contributed by atoms with Gasteiger partial charge in [-0.3, -0.25) is 4.79 Å². The molecule has 1 saturated heterocycles. The Balaban J connectivity index is 2.14. The molecule has 1 aliphatic rings. The number of carbonyl (C=O) groups is 1. The van der Waals surface area contributed by atoms with Crippen LogP contribution in [-0.2, 0) is 0 Å². The third-order valence-electron chi connectivity index (χ3n) is 4.78. The number of aryl methyl sites for hydroxylation is 1. The van der Waals surface area contributed by atoms with E-state index >= 15 is 0 Å². The molecule has 0 radical (unpaired) electrons. The standard InChI is InChI=1S/C20H26N4O/c1-4-23(5-2)19(25)17-15(3)21-20(24-13-9-10-14-24)22-18(17)16-11-7-6-8-12-16/h6-8,11-12H,4-5,9-10,13-14H2,1-3H3. The maximum absolute atomic E-state index is 13.1. The zero-order chi connectivity index (χ0) is 17.8. The molecule has 1 aromatic heterocycles. The van der Waals surface area contributed by atoms with Crippen LogP contribution in [0.2, 0.25) is 0 Å². The van der Waals surface area contributed by atoms with E-state index in [1.54, 1.807) is 0 Å². The molecule has 0 aliphatic carbocycles. The van der Waals surface area contributed by atoms with Gasteiger partial charge in [0.2, 0.25) is 5.95 Å². The largest absolute Gasteiger partial charge is 0.341 e. The molecule has 3 rings (SSSR count). The third kappa shape index (κ3) is 3.50. The van der Waals surface area contributed by atoms with Gasteiger partial charge in [-0.1, -0.05) is 30.3 Å². The van der Waals surface area contributed by atoms with Crippen LogP contribution in [0.25, 0.3) is 11.3 Å². The number of benzene rings is 1. The monoisotopic (exact) mass is 338 g/mol. The van der Waals surface area contributed by atoms with Crippen LogP contribution >= 0.6 is 0 Å². The highest BCUT2D eigenvalue weighted by molar-refractivity contribution is 6.01. The van der Waals surface area contributed by atoms with Crippen molar-refractivity contribution in [3.8, 4) is 11.3 Å². The second-order valence-electron chi connectivity index (χ2n) is 6.37. The minimum Gasteiger partial charge on any atom is -0.341 e. The second kappa shape index (κ2) is 7.64. The number of hydrogen-bond acceptors (Lipinski definition) is 4. The molecule has 1 aliphatic heterocycles. The molecule has 1 fully saturated rings. The lowest BCUT2D eigenvalue weighted by Crippen LogP contribution is -2.32. The van der Waals surface area contributed by atoms with E-state index in [-0.39, 0.29) is 5.91 Å². The highest BCUT2D eigenvalue weighted by atomic mass is 16.2. The van der Waals surface area contributed by atoms with Crippen molar-refractivity contribution in [1.82, 2.24) is 14.9 Å². The van der Waals surface area contributed by atoms with Gasteiger partial charge in [-0.05, 0) is 33.6 Å². The van der Waals surface area contributed by atoms with E-state index in [0.29, 0.717) is 18.7 Å². The van der Waals surface area contributed by atoms with E-state index in [4.69, 9.17) is 4.98 Å². The van der Waals surface area contributed by atoms with Crippen molar-refractivity contribution in [3.05, 3.63) is 41.6 Å². The van der Waals surface area contributed by atoms with Crippen molar-refractivity contribution in [2.45, 2.75) is 33.6 Å². The predicted octanol–water partition coefficient (Wildman–Crippen LogP) is 3.53. The van der Waals surface area contributed by atoms with E-state index in [0.717, 1.165) is 36.0 Å². The molecule has 5 nitrogen and oxygen atoms in total. The summed E-state index contributed by atoms with van der Waals surface area (Å²) in [4.78, 5) is 26.6. The first kappa shape index (κ1) is 17.4. The fourth-order valence-electron chi connectivity index (χ4n) is 3.35. The van der Waals surface area contributed by atoms with Crippen LogP contribution in [0.15, 0.2) is 30.3 Å². The quantitative estimate of drug-likeness (QED) is 0.837. The molecule has 2 heterocycles. The Kier molecular flexibility index (Phi) is 5.31. The fraction of sp³-hybridized carbons (Fsp3) is 0.450. The molecule has 132 valence electrons. The Morgan fingerprint density at radius 2 is 1.72 bits per heavy atom. The lowest BCUT2D eigenvalue weighted by Gasteiger charge is -2.23. The predicted molar refractivity (Wildman–Crippen MR) is 101 cm³/mol. The highest BCUT2D eigenvalue weighted by Gasteiger charge is 2.25. The molecule has 0 N–H and O–H groups in total. The van der Waals surface area contributed by atoms with Crippen LogP contribution in [0, 0.1) is 6.92 Å². The molecule has 0 unspecified atom stereocenters. The van der Waals surface area contributed by atoms with E-state index in [9.17, 15) is 4.79 Å². The van der Waals surface area contributed by atoms with Gasteiger partial charge in [0.15, 0.2) is 0 Å². The average molecular weight is 338 g/mol. The number of amides is 1. The van der Waals surface area contributed by atoms with Crippen molar-refractivity contribution in [2.24, 2.45) is 0 Å². The van der Waals surface area contributed by atoms with Gasteiger partial charge in [0.25, 0.3) is 5.91 Å². The summed E-state index contributed by atoms with van der Waals surface area (Å²) in [5.41, 5.74) is 3.08. The molecular weight excluding hydrogens is 312 g/mol. The van der Waals surface area contributed by atoms with Gasteiger partial charge in [0.05, 0.1) is 17.0 Å². The summed E-state index contributed by atoms with van der Waals surface area (Å²) >= 11 is 0. The number of rotatable bonds is 5. The Morgan fingerprint density at radius 3 is 2.32 bits per heavy atom. The summed E-state index contributed by atoms with van der Waals surface area (Å²) in [5.74, 6) is 0.749. The number of hydrogen-bond donors (Lipinski definition) is 0. The minimum atomic E-state index is 0.00863. The van der Waals surface area contributed by atoms with E-state index in [2.05, 4.69) is 9.88 Å². The van der Waals surface area contributed by atoms with E-state index in [1.165, 1.54) is 12.8 Å². The average Bonchev–Trinajstić information content (AvgIpc) is 3.17. The summed E-state index contributed by atoms with van der Waals surface area (Å²) in [6.45, 7) is 9.24. The summed E-state index contributed by atoms with van der Waals surface area (Å²) in [6, 6.07) is 9.95. The number of carbonyl (C=O) groups excluding carboxylic acids is 1. The van der Waals surface area contributed by atoms with Crippen molar-refractivity contribution in [2.75, 3.05) is 31.1 Å². The lowest BCUT2D eigenvalue weighted by atomic mass is 10.0. The van der Waals surface area contributed by atoms with Gasteiger partial charge in [-0.15, -0.1) is 0 Å². The molecule has 25 heavy (non-hydrogen) atoms. The minimum absolute atomic E-state index is 0.00863. The number of anilines is 1. The van der Waals surface area contributed by atoms with Crippen molar-refractivity contribution in [3.63, 3.8) is 0 Å². The smallest absolute Gasteiger partial charge is 0.257 e. The van der Waals surface area contributed by atoms with Crippen LogP contribution in [0.4, 0.5) is 5.95 Å². The molecule has 0 spiro atoms. The van der Waals surface area contributed by atoms with Crippen LogP contribution < -0.4 is 4.90 Å².